The predicted octanol–water partition coefficient (Wildman–Crippen LogP) is 5.24. The summed E-state index contributed by atoms with van der Waals surface area (Å²) in [5.74, 6) is -0.0762. The first-order valence-electron chi connectivity index (χ1n) is 12.4. The molecule has 0 saturated heterocycles. The van der Waals surface area contributed by atoms with Gasteiger partial charge >= 0.3 is 5.97 Å². The maximum Gasteiger partial charge on any atom is 0.343 e. The Labute approximate surface area is 220 Å². The van der Waals surface area contributed by atoms with E-state index >= 15 is 0 Å². The average molecular weight is 546 g/mol. The third kappa shape index (κ3) is 4.70. The molecule has 0 amide bonds. The second kappa shape index (κ2) is 9.25. The van der Waals surface area contributed by atoms with E-state index < -0.39 is 22.2 Å². The number of hydrogen-bond donors (Lipinski definition) is 0. The third-order valence-electron chi connectivity index (χ3n) is 7.15. The first kappa shape index (κ1) is 25.9. The van der Waals surface area contributed by atoms with Crippen molar-refractivity contribution in [2.45, 2.75) is 58.6 Å². The van der Waals surface area contributed by atoms with Crippen molar-refractivity contribution in [2.24, 2.45) is 5.41 Å². The number of aromatic nitrogens is 1. The Hall–Kier alpha value is -2.69. The fourth-order valence-electron chi connectivity index (χ4n) is 5.15. The van der Waals surface area contributed by atoms with Crippen molar-refractivity contribution >= 4 is 38.3 Å². The zero-order valence-corrected chi connectivity index (χ0v) is 23.3. The fourth-order valence-corrected chi connectivity index (χ4v) is 7.07. The molecule has 1 saturated carbocycles. The molecule has 2 aliphatic rings. The summed E-state index contributed by atoms with van der Waals surface area (Å²) in [7, 11) is -2.08. The first-order valence-corrected chi connectivity index (χ1v) is 15.0. The number of hydrogen-bond acceptors (Lipinski definition) is 8. The molecule has 198 valence electrons. The maximum atomic E-state index is 13.3. The van der Waals surface area contributed by atoms with E-state index in [2.05, 4.69) is 0 Å². The van der Waals surface area contributed by atoms with Gasteiger partial charge in [0, 0.05) is 27.6 Å². The Morgan fingerprint density at radius 3 is 2.59 bits per heavy atom. The number of fused-ring (bicyclic) bond motifs is 2. The molecular formula is C27H31NO7S2. The number of thiophene rings is 1. The summed E-state index contributed by atoms with van der Waals surface area (Å²) in [6.45, 7) is 5.94. The van der Waals surface area contributed by atoms with Gasteiger partial charge in [0.05, 0.1) is 30.9 Å². The smallest absolute Gasteiger partial charge is 0.343 e. The molecule has 8 nitrogen and oxygen atoms in total. The van der Waals surface area contributed by atoms with E-state index in [0.717, 1.165) is 52.8 Å². The highest BCUT2D eigenvalue weighted by Crippen LogP contribution is 2.52. The topological polar surface area (TPSA) is 101 Å². The van der Waals surface area contributed by atoms with Crippen molar-refractivity contribution < 1.29 is 26.9 Å². The molecule has 2 aliphatic carbocycles. The zero-order valence-electron chi connectivity index (χ0n) is 21.6. The highest BCUT2D eigenvalue weighted by molar-refractivity contribution is 7.86. The minimum absolute atomic E-state index is 0.0191. The molecule has 1 atom stereocenters. The minimum Gasteiger partial charge on any atom is -0.494 e. The molecule has 0 radical (unpaired) electrons. The molecule has 0 bridgehead atoms. The Kier molecular flexibility index (Phi) is 6.49. The van der Waals surface area contributed by atoms with Gasteiger partial charge in [0.1, 0.15) is 11.7 Å². The Morgan fingerprint density at radius 2 is 1.97 bits per heavy atom. The second-order valence-electron chi connectivity index (χ2n) is 10.4. The number of carbonyl (C=O) groups is 1. The first-order chi connectivity index (χ1) is 17.4. The number of nitrogens with zero attached hydrogens (tertiary/aromatic N) is 1. The number of benzene rings is 1. The molecule has 1 fully saturated rings. The van der Waals surface area contributed by atoms with Crippen LogP contribution in [0.1, 0.15) is 73.0 Å². The van der Waals surface area contributed by atoms with Gasteiger partial charge in [0.2, 0.25) is 5.43 Å². The van der Waals surface area contributed by atoms with Crippen LogP contribution in [-0.2, 0) is 25.5 Å². The lowest BCUT2D eigenvalue weighted by molar-refractivity contribution is 0.0524. The van der Waals surface area contributed by atoms with E-state index in [9.17, 15) is 18.0 Å². The molecule has 0 N–H and O–H groups in total. The molecule has 10 heteroatoms. The van der Waals surface area contributed by atoms with Gasteiger partial charge < -0.3 is 14.0 Å². The van der Waals surface area contributed by atoms with Crippen LogP contribution in [0.5, 0.6) is 5.75 Å². The van der Waals surface area contributed by atoms with Gasteiger partial charge in [-0.3, -0.25) is 8.98 Å². The van der Waals surface area contributed by atoms with Crippen molar-refractivity contribution in [3.63, 3.8) is 0 Å². The molecule has 3 aromatic rings. The number of esters is 1. The highest BCUT2D eigenvalue weighted by Gasteiger charge is 2.40. The molecule has 0 aliphatic heterocycles. The van der Waals surface area contributed by atoms with E-state index in [1.807, 2.05) is 30.5 Å². The summed E-state index contributed by atoms with van der Waals surface area (Å²) in [5, 5.41) is 0.402. The quantitative estimate of drug-likeness (QED) is 0.296. The summed E-state index contributed by atoms with van der Waals surface area (Å²) in [6.07, 6.45) is 5.61. The van der Waals surface area contributed by atoms with E-state index in [1.165, 1.54) is 0 Å². The molecule has 37 heavy (non-hydrogen) atoms. The SMILES string of the molecule is CCOC(=O)c1cn(C2CC2)c2c(OC)c(-c3cc4c(s3)CCC(C)(C)C4OS(C)(=O)=O)ccc2c1=O. The van der Waals surface area contributed by atoms with Crippen LogP contribution in [0.4, 0.5) is 0 Å². The molecule has 2 heterocycles. The van der Waals surface area contributed by atoms with Gasteiger partial charge in [-0.25, -0.2) is 4.79 Å². The lowest BCUT2D eigenvalue weighted by atomic mass is 9.74. The zero-order chi connectivity index (χ0) is 26.7. The third-order valence-corrected chi connectivity index (χ3v) is 8.94. The van der Waals surface area contributed by atoms with Crippen LogP contribution in [0.3, 0.4) is 0 Å². The summed E-state index contributed by atoms with van der Waals surface area (Å²) in [5.41, 5.74) is 1.62. The number of ether oxygens (including phenoxy) is 2. The Bertz CT molecular complexity index is 1560. The summed E-state index contributed by atoms with van der Waals surface area (Å²) in [6, 6.07) is 5.74. The fraction of sp³-hybridized carbons (Fsp3) is 0.481. The maximum absolute atomic E-state index is 13.3. The Balaban J connectivity index is 1.70. The average Bonchev–Trinajstić information content (AvgIpc) is 3.58. The van der Waals surface area contributed by atoms with Crippen LogP contribution in [0.25, 0.3) is 21.3 Å². The van der Waals surface area contributed by atoms with E-state index in [4.69, 9.17) is 13.7 Å². The lowest BCUT2D eigenvalue weighted by Crippen LogP contribution is -2.30. The van der Waals surface area contributed by atoms with Crippen LogP contribution >= 0.6 is 11.3 Å². The van der Waals surface area contributed by atoms with Crippen LogP contribution in [-0.4, -0.2) is 38.9 Å². The molecule has 0 spiro atoms. The molecule has 5 rings (SSSR count). The molecular weight excluding hydrogens is 514 g/mol. The monoisotopic (exact) mass is 545 g/mol. The van der Waals surface area contributed by atoms with Crippen molar-refractivity contribution in [3.05, 3.63) is 50.6 Å². The van der Waals surface area contributed by atoms with Gasteiger partial charge in [-0.2, -0.15) is 8.42 Å². The second-order valence-corrected chi connectivity index (χ2v) is 13.2. The number of carbonyl (C=O) groups excluding carboxylic acids is 1. The Morgan fingerprint density at radius 1 is 1.24 bits per heavy atom. The summed E-state index contributed by atoms with van der Waals surface area (Å²) in [4.78, 5) is 27.8. The number of methoxy groups -OCH3 is 1. The van der Waals surface area contributed by atoms with E-state index in [-0.39, 0.29) is 29.1 Å². The van der Waals surface area contributed by atoms with Gasteiger partial charge in [-0.05, 0) is 61.8 Å². The summed E-state index contributed by atoms with van der Waals surface area (Å²) < 4.78 is 42.8. The van der Waals surface area contributed by atoms with Crippen molar-refractivity contribution in [1.82, 2.24) is 4.57 Å². The highest BCUT2D eigenvalue weighted by atomic mass is 32.2. The van der Waals surface area contributed by atoms with Gasteiger partial charge in [0.25, 0.3) is 10.1 Å². The number of rotatable bonds is 7. The normalized spacial score (nSPS) is 19.0. The largest absolute Gasteiger partial charge is 0.494 e. The lowest BCUT2D eigenvalue weighted by Gasteiger charge is -2.37. The van der Waals surface area contributed by atoms with Crippen LogP contribution in [0, 0.1) is 5.41 Å². The predicted molar refractivity (Wildman–Crippen MR) is 143 cm³/mol. The van der Waals surface area contributed by atoms with Crippen molar-refractivity contribution in [2.75, 3.05) is 20.0 Å². The van der Waals surface area contributed by atoms with Crippen LogP contribution in [0.15, 0.2) is 29.2 Å². The van der Waals surface area contributed by atoms with E-state index in [1.54, 1.807) is 37.6 Å². The number of aryl methyl sites for hydroxylation is 1. The summed E-state index contributed by atoms with van der Waals surface area (Å²) >= 11 is 1.59. The van der Waals surface area contributed by atoms with Gasteiger partial charge in [-0.1, -0.05) is 13.8 Å². The van der Waals surface area contributed by atoms with Crippen molar-refractivity contribution in [3.8, 4) is 16.2 Å². The van der Waals surface area contributed by atoms with Gasteiger partial charge in [0.15, 0.2) is 5.75 Å². The standard InChI is InChI=1S/C27H31NO7S2/c1-6-34-26(30)19-14-28(15-7-8-15)22-17(23(19)29)10-9-16(24(22)33-4)21-13-18-20(36-21)11-12-27(2,3)25(18)35-37(5,31)32/h9-10,13-15,25H,6-8,11-12H2,1-5H3. The molecule has 1 unspecified atom stereocenters. The van der Waals surface area contributed by atoms with Crippen LogP contribution < -0.4 is 10.2 Å². The number of pyridine rings is 1. The van der Waals surface area contributed by atoms with Gasteiger partial charge in [-0.15, -0.1) is 11.3 Å². The van der Waals surface area contributed by atoms with Crippen LogP contribution in [0.2, 0.25) is 0 Å². The van der Waals surface area contributed by atoms with E-state index in [0.29, 0.717) is 16.7 Å². The molecule has 1 aromatic carbocycles. The minimum atomic E-state index is -3.66. The van der Waals surface area contributed by atoms with Crippen molar-refractivity contribution in [1.29, 1.82) is 0 Å². The molecule has 2 aromatic heterocycles.